The summed E-state index contributed by atoms with van der Waals surface area (Å²) in [5.41, 5.74) is 1.24. The fraction of sp³-hybridized carbons (Fsp3) is 0.238. The molecule has 10 heteroatoms. The summed E-state index contributed by atoms with van der Waals surface area (Å²) in [6, 6.07) is 13.9. The molecule has 0 aliphatic carbocycles. The molecule has 31 heavy (non-hydrogen) atoms. The highest BCUT2D eigenvalue weighted by Gasteiger charge is 2.23. The Morgan fingerprint density at radius 2 is 1.90 bits per heavy atom. The van der Waals surface area contributed by atoms with Crippen LogP contribution in [0.2, 0.25) is 0 Å². The van der Waals surface area contributed by atoms with Crippen LogP contribution in [0.25, 0.3) is 10.1 Å². The highest BCUT2D eigenvalue weighted by molar-refractivity contribution is 7.21. The molecule has 0 bridgehead atoms. The standard InChI is InChI=1S/C21H21N5O4S/c1-28-15-11-14-17(12-16(15)29-2)31-19(20(27)22-21-23-25-26-24-21)18(14)30-10-6-9-13-7-4-3-5-8-13/h3-5,7-8,11-12H,6,9-10H2,1-2H3,(H2,22,23,24,25,26,27). The number of hydrogen-bond donors (Lipinski definition) is 2. The lowest BCUT2D eigenvalue weighted by Gasteiger charge is -2.10. The second kappa shape index (κ2) is 9.43. The molecule has 0 spiro atoms. The first-order valence-corrected chi connectivity index (χ1v) is 10.4. The first-order chi connectivity index (χ1) is 15.2. The van der Waals surface area contributed by atoms with Crippen LogP contribution in [0, 0.1) is 0 Å². The molecule has 0 unspecified atom stereocenters. The Morgan fingerprint density at radius 1 is 1.13 bits per heavy atom. The molecule has 0 aliphatic heterocycles. The number of carbonyl (C=O) groups excluding carboxylic acids is 1. The first-order valence-electron chi connectivity index (χ1n) is 9.59. The zero-order valence-electron chi connectivity index (χ0n) is 17.0. The molecule has 4 rings (SSSR count). The summed E-state index contributed by atoms with van der Waals surface area (Å²) in [5.74, 6) is 1.35. The minimum Gasteiger partial charge on any atom is -0.493 e. The minimum atomic E-state index is -0.376. The van der Waals surface area contributed by atoms with Gasteiger partial charge in [-0.25, -0.2) is 0 Å². The number of amides is 1. The Labute approximate surface area is 182 Å². The van der Waals surface area contributed by atoms with E-state index in [-0.39, 0.29) is 11.9 Å². The number of tetrazole rings is 1. The van der Waals surface area contributed by atoms with E-state index in [1.54, 1.807) is 14.2 Å². The van der Waals surface area contributed by atoms with Gasteiger partial charge in [-0.05, 0) is 29.7 Å². The molecule has 2 aromatic heterocycles. The Hall–Kier alpha value is -3.66. The molecular weight excluding hydrogens is 418 g/mol. The summed E-state index contributed by atoms with van der Waals surface area (Å²) in [7, 11) is 3.14. The molecule has 2 aromatic carbocycles. The summed E-state index contributed by atoms with van der Waals surface area (Å²) >= 11 is 1.30. The minimum absolute atomic E-state index is 0.0904. The van der Waals surface area contributed by atoms with E-state index < -0.39 is 0 Å². The molecule has 4 aromatic rings. The number of H-pyrrole nitrogens is 1. The van der Waals surface area contributed by atoms with Crippen LogP contribution in [0.15, 0.2) is 42.5 Å². The number of hydrogen-bond acceptors (Lipinski definition) is 8. The molecule has 160 valence electrons. The highest BCUT2D eigenvalue weighted by Crippen LogP contribution is 2.43. The maximum absolute atomic E-state index is 12.9. The number of fused-ring (bicyclic) bond motifs is 1. The number of benzene rings is 2. The van der Waals surface area contributed by atoms with Gasteiger partial charge in [0.15, 0.2) is 17.2 Å². The van der Waals surface area contributed by atoms with E-state index >= 15 is 0 Å². The van der Waals surface area contributed by atoms with Crippen LogP contribution in [0.1, 0.15) is 21.7 Å². The van der Waals surface area contributed by atoms with Crippen molar-refractivity contribution >= 4 is 33.3 Å². The molecule has 2 N–H and O–H groups in total. The Kier molecular flexibility index (Phi) is 6.27. The van der Waals surface area contributed by atoms with Gasteiger partial charge in [-0.2, -0.15) is 5.21 Å². The number of methoxy groups -OCH3 is 2. The van der Waals surface area contributed by atoms with Gasteiger partial charge in [0.2, 0.25) is 0 Å². The van der Waals surface area contributed by atoms with Gasteiger partial charge in [0.05, 0.1) is 20.8 Å². The molecule has 1 amide bonds. The van der Waals surface area contributed by atoms with Crippen LogP contribution in [-0.4, -0.2) is 47.4 Å². The summed E-state index contributed by atoms with van der Waals surface area (Å²) < 4.78 is 17.8. The number of nitrogens with zero attached hydrogens (tertiary/aromatic N) is 3. The lowest BCUT2D eigenvalue weighted by molar-refractivity contribution is 0.102. The van der Waals surface area contributed by atoms with Crippen molar-refractivity contribution in [2.45, 2.75) is 12.8 Å². The van der Waals surface area contributed by atoms with Gasteiger partial charge in [-0.15, -0.1) is 16.4 Å². The second-order valence-electron chi connectivity index (χ2n) is 6.59. The molecule has 0 atom stereocenters. The molecule has 0 saturated heterocycles. The quantitative estimate of drug-likeness (QED) is 0.383. The summed E-state index contributed by atoms with van der Waals surface area (Å²) in [6.45, 7) is 0.456. The normalized spacial score (nSPS) is 10.8. The van der Waals surface area contributed by atoms with Gasteiger partial charge in [0, 0.05) is 16.2 Å². The monoisotopic (exact) mass is 439 g/mol. The number of aromatic nitrogens is 4. The number of carbonyl (C=O) groups is 1. The number of ether oxygens (including phenoxy) is 3. The third-order valence-electron chi connectivity index (χ3n) is 4.62. The molecule has 0 radical (unpaired) electrons. The molecule has 0 fully saturated rings. The predicted octanol–water partition coefficient (Wildman–Crippen LogP) is 3.70. The van der Waals surface area contributed by atoms with E-state index in [9.17, 15) is 4.79 Å². The van der Waals surface area contributed by atoms with Crippen LogP contribution < -0.4 is 19.5 Å². The van der Waals surface area contributed by atoms with E-state index in [2.05, 4.69) is 38.1 Å². The van der Waals surface area contributed by atoms with Crippen LogP contribution >= 0.6 is 11.3 Å². The predicted molar refractivity (Wildman–Crippen MR) is 117 cm³/mol. The van der Waals surface area contributed by atoms with Crippen molar-refractivity contribution in [1.29, 1.82) is 0 Å². The molecule has 2 heterocycles. The van der Waals surface area contributed by atoms with Gasteiger partial charge in [-0.3, -0.25) is 10.1 Å². The topological polar surface area (TPSA) is 111 Å². The van der Waals surface area contributed by atoms with Gasteiger partial charge in [0.1, 0.15) is 4.88 Å². The lowest BCUT2D eigenvalue weighted by Crippen LogP contribution is -2.13. The fourth-order valence-electron chi connectivity index (χ4n) is 3.16. The smallest absolute Gasteiger partial charge is 0.272 e. The number of rotatable bonds is 9. The van der Waals surface area contributed by atoms with Crippen molar-refractivity contribution in [1.82, 2.24) is 20.6 Å². The second-order valence-corrected chi connectivity index (χ2v) is 7.64. The van der Waals surface area contributed by atoms with E-state index in [4.69, 9.17) is 14.2 Å². The van der Waals surface area contributed by atoms with Crippen molar-refractivity contribution in [3.63, 3.8) is 0 Å². The number of nitrogens with one attached hydrogen (secondary N) is 2. The van der Waals surface area contributed by atoms with E-state index in [0.29, 0.717) is 28.7 Å². The average Bonchev–Trinajstić information content (AvgIpc) is 3.43. The number of aromatic amines is 1. The Morgan fingerprint density at radius 3 is 2.61 bits per heavy atom. The molecule has 9 nitrogen and oxygen atoms in total. The number of aryl methyl sites for hydroxylation is 1. The van der Waals surface area contributed by atoms with Gasteiger partial charge >= 0.3 is 0 Å². The van der Waals surface area contributed by atoms with Gasteiger partial charge < -0.3 is 14.2 Å². The van der Waals surface area contributed by atoms with E-state index in [0.717, 1.165) is 22.9 Å². The average molecular weight is 439 g/mol. The zero-order valence-corrected chi connectivity index (χ0v) is 17.9. The van der Waals surface area contributed by atoms with Crippen molar-refractivity contribution < 1.29 is 19.0 Å². The maximum atomic E-state index is 12.9. The van der Waals surface area contributed by atoms with Gasteiger partial charge in [0.25, 0.3) is 11.9 Å². The SMILES string of the molecule is COc1cc2sc(C(=O)Nc3nn[nH]n3)c(OCCCc3ccccc3)c2cc1OC. The number of thiophene rings is 1. The fourth-order valence-corrected chi connectivity index (χ4v) is 4.21. The van der Waals surface area contributed by atoms with E-state index in [1.165, 1.54) is 16.9 Å². The Bertz CT molecular complexity index is 1160. The van der Waals surface area contributed by atoms with Crippen LogP contribution in [0.3, 0.4) is 0 Å². The van der Waals surface area contributed by atoms with Gasteiger partial charge in [-0.1, -0.05) is 35.4 Å². The summed E-state index contributed by atoms with van der Waals surface area (Å²) in [5, 5.41) is 16.7. The molecular formula is C21H21N5O4S. The van der Waals surface area contributed by atoms with Crippen molar-refractivity contribution in [2.24, 2.45) is 0 Å². The third-order valence-corrected chi connectivity index (χ3v) is 5.76. The largest absolute Gasteiger partial charge is 0.493 e. The molecule has 0 saturated carbocycles. The van der Waals surface area contributed by atoms with Crippen molar-refractivity contribution in [3.05, 3.63) is 52.9 Å². The zero-order chi connectivity index (χ0) is 21.6. The summed E-state index contributed by atoms with van der Waals surface area (Å²) in [4.78, 5) is 13.3. The number of anilines is 1. The lowest BCUT2D eigenvalue weighted by atomic mass is 10.1. The van der Waals surface area contributed by atoms with Crippen LogP contribution in [0.4, 0.5) is 5.95 Å². The van der Waals surface area contributed by atoms with Crippen LogP contribution in [-0.2, 0) is 6.42 Å². The van der Waals surface area contributed by atoms with E-state index in [1.807, 2.05) is 30.3 Å². The maximum Gasteiger partial charge on any atom is 0.272 e. The van der Waals surface area contributed by atoms with Crippen molar-refractivity contribution in [2.75, 3.05) is 26.1 Å². The Balaban J connectivity index is 1.61. The third kappa shape index (κ3) is 4.58. The summed E-state index contributed by atoms with van der Waals surface area (Å²) in [6.07, 6.45) is 1.69. The highest BCUT2D eigenvalue weighted by atomic mass is 32.1. The van der Waals surface area contributed by atoms with Crippen molar-refractivity contribution in [3.8, 4) is 17.2 Å². The first kappa shape index (κ1) is 20.6. The molecule has 0 aliphatic rings. The van der Waals surface area contributed by atoms with Crippen LogP contribution in [0.5, 0.6) is 17.2 Å².